The van der Waals surface area contributed by atoms with Crippen LogP contribution in [0.3, 0.4) is 0 Å². The molecule has 0 heterocycles. The van der Waals surface area contributed by atoms with Gasteiger partial charge >= 0.3 is 0 Å². The maximum atomic E-state index is 13.6. The first-order chi connectivity index (χ1) is 10.1. The molecule has 2 aromatic rings. The molecule has 0 aromatic heterocycles. The van der Waals surface area contributed by atoms with Crippen molar-refractivity contribution in [1.29, 1.82) is 0 Å². The van der Waals surface area contributed by atoms with Crippen LogP contribution in [0.1, 0.15) is 26.7 Å². The first-order valence-corrected chi connectivity index (χ1v) is 9.29. The fourth-order valence-electron chi connectivity index (χ4n) is 2.27. The second-order valence-corrected chi connectivity index (χ2v) is 8.33. The summed E-state index contributed by atoms with van der Waals surface area (Å²) in [6, 6.07) is 19.6. The summed E-state index contributed by atoms with van der Waals surface area (Å²) < 4.78 is 13.6. The Bertz CT molecular complexity index is 571. The van der Waals surface area contributed by atoms with E-state index in [9.17, 15) is 4.57 Å². The molecule has 0 bridgehead atoms. The zero-order valence-electron chi connectivity index (χ0n) is 12.8. The molecule has 0 radical (unpaired) electrons. The maximum absolute atomic E-state index is 13.6. The summed E-state index contributed by atoms with van der Waals surface area (Å²) in [6.07, 6.45) is 4.18. The van der Waals surface area contributed by atoms with E-state index in [1.54, 1.807) is 0 Å². The second-order valence-electron chi connectivity index (χ2n) is 5.69. The van der Waals surface area contributed by atoms with Crippen molar-refractivity contribution < 1.29 is 4.57 Å². The molecule has 2 rings (SSSR count). The van der Waals surface area contributed by atoms with Crippen LogP contribution in [0.5, 0.6) is 0 Å². The number of allylic oxidation sites excluding steroid dienone is 1. The molecule has 2 heteroatoms. The molecule has 2 aromatic carbocycles. The van der Waals surface area contributed by atoms with E-state index in [1.165, 1.54) is 0 Å². The fourth-order valence-corrected chi connectivity index (χ4v) is 4.59. The van der Waals surface area contributed by atoms with E-state index in [1.807, 2.05) is 66.5 Å². The minimum Gasteiger partial charge on any atom is -0.309 e. The van der Waals surface area contributed by atoms with Gasteiger partial charge in [0.05, 0.1) is 0 Å². The van der Waals surface area contributed by atoms with E-state index in [4.69, 9.17) is 0 Å². The van der Waals surface area contributed by atoms with Crippen LogP contribution in [-0.4, -0.2) is 0 Å². The highest BCUT2D eigenvalue weighted by Crippen LogP contribution is 2.45. The monoisotopic (exact) mass is 298 g/mol. The molecule has 0 unspecified atom stereocenters. The molecule has 0 aliphatic carbocycles. The van der Waals surface area contributed by atoms with Gasteiger partial charge in [0.2, 0.25) is 0 Å². The largest absolute Gasteiger partial charge is 0.309 e. The van der Waals surface area contributed by atoms with Crippen LogP contribution in [0.25, 0.3) is 0 Å². The van der Waals surface area contributed by atoms with Crippen molar-refractivity contribution in [3.05, 3.63) is 72.6 Å². The third kappa shape index (κ3) is 4.19. The van der Waals surface area contributed by atoms with Crippen LogP contribution in [0, 0.1) is 5.92 Å². The molecule has 1 nitrogen and oxygen atoms in total. The number of hydrogen-bond donors (Lipinski definition) is 0. The molecule has 21 heavy (non-hydrogen) atoms. The molecule has 0 atom stereocenters. The van der Waals surface area contributed by atoms with Gasteiger partial charge in [-0.15, -0.1) is 0 Å². The summed E-state index contributed by atoms with van der Waals surface area (Å²) in [5.74, 6) is 2.60. The average molecular weight is 298 g/mol. The zero-order valence-corrected chi connectivity index (χ0v) is 13.7. The van der Waals surface area contributed by atoms with Crippen LogP contribution >= 0.6 is 7.14 Å². The Balaban J connectivity index is 2.34. The third-order valence-corrected chi connectivity index (χ3v) is 6.27. The van der Waals surface area contributed by atoms with Crippen molar-refractivity contribution >= 4 is 17.8 Å². The smallest absolute Gasteiger partial charge is 0.163 e. The molecule has 0 spiro atoms. The van der Waals surface area contributed by atoms with Gasteiger partial charge in [0.1, 0.15) is 0 Å². The Morgan fingerprint density at radius 1 is 0.905 bits per heavy atom. The SMILES string of the molecule is CC(C)CC/C=C/P(=O)(c1ccccc1)c1ccccc1. The van der Waals surface area contributed by atoms with Gasteiger partial charge in [-0.1, -0.05) is 80.6 Å². The molecule has 110 valence electrons. The highest BCUT2D eigenvalue weighted by Gasteiger charge is 2.23. The Labute approximate surface area is 128 Å². The van der Waals surface area contributed by atoms with E-state index >= 15 is 0 Å². The van der Waals surface area contributed by atoms with Crippen molar-refractivity contribution in [2.45, 2.75) is 26.7 Å². The van der Waals surface area contributed by atoms with Gasteiger partial charge in [-0.2, -0.15) is 0 Å². The first-order valence-electron chi connectivity index (χ1n) is 7.51. The quantitative estimate of drug-likeness (QED) is 0.690. The van der Waals surface area contributed by atoms with Gasteiger partial charge in [0.15, 0.2) is 7.14 Å². The second kappa shape index (κ2) is 7.43. The molecule has 0 saturated carbocycles. The summed E-state index contributed by atoms with van der Waals surface area (Å²) in [6.45, 7) is 4.42. The van der Waals surface area contributed by atoms with E-state index < -0.39 is 7.14 Å². The van der Waals surface area contributed by atoms with Crippen molar-refractivity contribution in [1.82, 2.24) is 0 Å². The minimum atomic E-state index is -2.66. The molecule has 0 aliphatic heterocycles. The lowest BCUT2D eigenvalue weighted by atomic mass is 10.1. The van der Waals surface area contributed by atoms with Crippen LogP contribution in [0.15, 0.2) is 72.6 Å². The van der Waals surface area contributed by atoms with E-state index in [-0.39, 0.29) is 0 Å². The standard InChI is InChI=1S/C19H23OP/c1-17(2)11-9-10-16-21(20,18-12-5-3-6-13-18)19-14-7-4-8-15-19/h3-8,10,12-17H,9,11H2,1-2H3/b16-10+. The highest BCUT2D eigenvalue weighted by molar-refractivity contribution is 7.81. The molecule has 0 aliphatic rings. The fraction of sp³-hybridized carbons (Fsp3) is 0.263. The number of rotatable bonds is 6. The Morgan fingerprint density at radius 2 is 1.38 bits per heavy atom. The topological polar surface area (TPSA) is 17.1 Å². The van der Waals surface area contributed by atoms with Crippen molar-refractivity contribution in [3.8, 4) is 0 Å². The summed E-state index contributed by atoms with van der Waals surface area (Å²) in [7, 11) is -2.66. The van der Waals surface area contributed by atoms with Crippen LogP contribution in [-0.2, 0) is 4.57 Å². The lowest BCUT2D eigenvalue weighted by Gasteiger charge is -2.15. The molecular formula is C19H23OP. The summed E-state index contributed by atoms with van der Waals surface area (Å²) in [4.78, 5) is 0. The van der Waals surface area contributed by atoms with Gasteiger partial charge < -0.3 is 4.57 Å². The number of benzene rings is 2. The van der Waals surface area contributed by atoms with Crippen LogP contribution in [0.4, 0.5) is 0 Å². The predicted octanol–water partition coefficient (Wildman–Crippen LogP) is 4.95. The van der Waals surface area contributed by atoms with E-state index in [0.29, 0.717) is 5.92 Å². The highest BCUT2D eigenvalue weighted by atomic mass is 31.2. The lowest BCUT2D eigenvalue weighted by Crippen LogP contribution is -2.13. The van der Waals surface area contributed by atoms with Crippen molar-refractivity contribution in [3.63, 3.8) is 0 Å². The molecule has 0 N–H and O–H groups in total. The molecule has 0 saturated heterocycles. The van der Waals surface area contributed by atoms with Gasteiger partial charge in [0.25, 0.3) is 0 Å². The lowest BCUT2D eigenvalue weighted by molar-refractivity contribution is 0.589. The molecular weight excluding hydrogens is 275 g/mol. The van der Waals surface area contributed by atoms with Gasteiger partial charge in [-0.05, 0) is 24.6 Å². The minimum absolute atomic E-state index is 0.669. The molecule has 0 fully saturated rings. The zero-order chi connectivity index (χ0) is 15.1. The summed E-state index contributed by atoms with van der Waals surface area (Å²) in [5, 5.41) is 1.80. The maximum Gasteiger partial charge on any atom is 0.163 e. The third-order valence-electron chi connectivity index (χ3n) is 3.51. The Kier molecular flexibility index (Phi) is 5.59. The average Bonchev–Trinajstić information content (AvgIpc) is 2.53. The Morgan fingerprint density at radius 3 is 1.81 bits per heavy atom. The van der Waals surface area contributed by atoms with Crippen molar-refractivity contribution in [2.24, 2.45) is 5.92 Å². The summed E-state index contributed by atoms with van der Waals surface area (Å²) in [5.41, 5.74) is 0. The first kappa shape index (κ1) is 15.8. The van der Waals surface area contributed by atoms with Gasteiger partial charge in [0, 0.05) is 10.6 Å². The van der Waals surface area contributed by atoms with E-state index in [2.05, 4.69) is 19.9 Å². The molecule has 0 amide bonds. The van der Waals surface area contributed by atoms with Crippen LogP contribution < -0.4 is 10.6 Å². The number of hydrogen-bond acceptors (Lipinski definition) is 1. The van der Waals surface area contributed by atoms with Crippen LogP contribution in [0.2, 0.25) is 0 Å². The van der Waals surface area contributed by atoms with E-state index in [0.717, 1.165) is 23.5 Å². The normalized spacial score (nSPS) is 12.1. The van der Waals surface area contributed by atoms with Crippen molar-refractivity contribution in [2.75, 3.05) is 0 Å². The Hall–Kier alpha value is -1.59. The summed E-state index contributed by atoms with van der Waals surface area (Å²) >= 11 is 0. The predicted molar refractivity (Wildman–Crippen MR) is 93.0 cm³/mol. The van der Waals surface area contributed by atoms with Gasteiger partial charge in [-0.25, -0.2) is 0 Å². The van der Waals surface area contributed by atoms with Gasteiger partial charge in [-0.3, -0.25) is 0 Å².